The molecule has 0 spiro atoms. The van der Waals surface area contributed by atoms with Crippen molar-refractivity contribution in [2.24, 2.45) is 5.92 Å². The van der Waals surface area contributed by atoms with E-state index in [0.29, 0.717) is 19.6 Å². The highest BCUT2D eigenvalue weighted by molar-refractivity contribution is 7.11. The molecule has 0 aliphatic carbocycles. The highest BCUT2D eigenvalue weighted by atomic mass is 32.1. The van der Waals surface area contributed by atoms with Crippen molar-refractivity contribution >= 4 is 23.2 Å². The van der Waals surface area contributed by atoms with Gasteiger partial charge in [-0.3, -0.25) is 9.59 Å². The minimum Gasteiger partial charge on any atom is -0.333 e. The third-order valence-corrected chi connectivity index (χ3v) is 5.12. The lowest BCUT2D eigenvalue weighted by atomic mass is 10.2. The number of carbonyl (C=O) groups excluding carboxylic acids is 2. The van der Waals surface area contributed by atoms with Gasteiger partial charge >= 0.3 is 0 Å². The van der Waals surface area contributed by atoms with E-state index >= 15 is 0 Å². The van der Waals surface area contributed by atoms with Gasteiger partial charge in [0.15, 0.2) is 0 Å². The molecule has 1 aromatic heterocycles. The Morgan fingerprint density at radius 1 is 1.04 bits per heavy atom. The third-order valence-electron chi connectivity index (χ3n) is 4.14. The number of aryl methyl sites for hydroxylation is 1. The predicted molar refractivity (Wildman–Crippen MR) is 107 cm³/mol. The summed E-state index contributed by atoms with van der Waals surface area (Å²) in [6, 6.07) is 10.2. The van der Waals surface area contributed by atoms with Crippen LogP contribution >= 0.6 is 11.3 Å². The van der Waals surface area contributed by atoms with Crippen molar-refractivity contribution in [3.8, 4) is 0 Å². The standard InChI is InChI=1S/C21H27FN2O2S/c1-15(2)11-23(17(4)25)14-21(26)24(13-20-10-5-16(3)27-20)12-18-6-8-19(22)9-7-18/h5-10,15H,11-14H2,1-4H3. The molecule has 0 unspecified atom stereocenters. The number of benzene rings is 1. The summed E-state index contributed by atoms with van der Waals surface area (Å²) in [6.07, 6.45) is 0. The highest BCUT2D eigenvalue weighted by Crippen LogP contribution is 2.19. The zero-order valence-corrected chi connectivity index (χ0v) is 17.2. The topological polar surface area (TPSA) is 40.6 Å². The van der Waals surface area contributed by atoms with Gasteiger partial charge in [0.2, 0.25) is 11.8 Å². The first-order chi connectivity index (χ1) is 12.7. The Bertz CT molecular complexity index is 771. The van der Waals surface area contributed by atoms with Gasteiger partial charge in [-0.2, -0.15) is 0 Å². The van der Waals surface area contributed by atoms with Crippen LogP contribution in [0, 0.1) is 18.7 Å². The van der Waals surface area contributed by atoms with E-state index in [1.807, 2.05) is 32.9 Å². The molecule has 0 aliphatic rings. The number of rotatable bonds is 8. The van der Waals surface area contributed by atoms with E-state index < -0.39 is 0 Å². The second-order valence-electron chi connectivity index (χ2n) is 7.18. The molecule has 0 radical (unpaired) electrons. The summed E-state index contributed by atoms with van der Waals surface area (Å²) in [7, 11) is 0. The molecule has 146 valence electrons. The van der Waals surface area contributed by atoms with Crippen LogP contribution in [0.5, 0.6) is 0 Å². The Labute approximate surface area is 164 Å². The molecule has 1 aromatic carbocycles. The maximum atomic E-state index is 13.2. The summed E-state index contributed by atoms with van der Waals surface area (Å²) < 4.78 is 13.2. The van der Waals surface area contributed by atoms with E-state index in [0.717, 1.165) is 10.4 Å². The van der Waals surface area contributed by atoms with Crippen molar-refractivity contribution in [3.63, 3.8) is 0 Å². The summed E-state index contributed by atoms with van der Waals surface area (Å²) in [6.45, 7) is 9.01. The van der Waals surface area contributed by atoms with Crippen LogP contribution in [0.1, 0.15) is 36.1 Å². The van der Waals surface area contributed by atoms with E-state index in [1.54, 1.807) is 33.3 Å². The van der Waals surface area contributed by atoms with E-state index in [1.165, 1.54) is 23.9 Å². The molecule has 0 atom stereocenters. The molecule has 0 bridgehead atoms. The number of thiophene rings is 1. The Morgan fingerprint density at radius 2 is 1.70 bits per heavy atom. The average molecular weight is 391 g/mol. The quantitative estimate of drug-likeness (QED) is 0.677. The molecule has 2 amide bonds. The highest BCUT2D eigenvalue weighted by Gasteiger charge is 2.21. The van der Waals surface area contributed by atoms with Crippen LogP contribution in [0.15, 0.2) is 36.4 Å². The number of nitrogens with zero attached hydrogens (tertiary/aromatic N) is 2. The lowest BCUT2D eigenvalue weighted by molar-refractivity contribution is -0.140. The molecule has 2 rings (SSSR count). The fourth-order valence-electron chi connectivity index (χ4n) is 2.81. The van der Waals surface area contributed by atoms with Crippen molar-refractivity contribution in [1.29, 1.82) is 0 Å². The maximum Gasteiger partial charge on any atom is 0.242 e. The molecular formula is C21H27FN2O2S. The van der Waals surface area contributed by atoms with Crippen LogP contribution in [0.25, 0.3) is 0 Å². The maximum absolute atomic E-state index is 13.2. The van der Waals surface area contributed by atoms with Gasteiger partial charge in [0.25, 0.3) is 0 Å². The number of hydrogen-bond donors (Lipinski definition) is 0. The van der Waals surface area contributed by atoms with Gasteiger partial charge in [0.1, 0.15) is 5.82 Å². The van der Waals surface area contributed by atoms with Crippen molar-refractivity contribution in [3.05, 3.63) is 57.5 Å². The minimum absolute atomic E-state index is 0.0546. The van der Waals surface area contributed by atoms with Gasteiger partial charge in [0.05, 0.1) is 13.1 Å². The Balaban J connectivity index is 2.17. The van der Waals surface area contributed by atoms with Gasteiger partial charge < -0.3 is 9.80 Å². The second kappa shape index (κ2) is 9.65. The summed E-state index contributed by atoms with van der Waals surface area (Å²) in [5.74, 6) is -0.232. The Morgan fingerprint density at radius 3 is 2.22 bits per heavy atom. The fourth-order valence-corrected chi connectivity index (χ4v) is 3.72. The summed E-state index contributed by atoms with van der Waals surface area (Å²) in [5, 5.41) is 0. The van der Waals surface area contributed by atoms with Crippen molar-refractivity contribution < 1.29 is 14.0 Å². The number of hydrogen-bond acceptors (Lipinski definition) is 3. The summed E-state index contributed by atoms with van der Waals surface area (Å²) in [4.78, 5) is 30.5. The SMILES string of the molecule is CC(=O)N(CC(=O)N(Cc1ccc(F)cc1)Cc1ccc(C)s1)CC(C)C. The monoisotopic (exact) mass is 390 g/mol. The lowest BCUT2D eigenvalue weighted by Crippen LogP contribution is -2.43. The van der Waals surface area contributed by atoms with Crippen LogP contribution < -0.4 is 0 Å². The number of amides is 2. The molecule has 1 heterocycles. The third kappa shape index (κ3) is 6.79. The van der Waals surface area contributed by atoms with Gasteiger partial charge in [-0.15, -0.1) is 11.3 Å². The normalized spacial score (nSPS) is 10.9. The fraction of sp³-hybridized carbons (Fsp3) is 0.429. The van der Waals surface area contributed by atoms with Gasteiger partial charge in [-0.05, 0) is 42.7 Å². The molecule has 0 N–H and O–H groups in total. The molecule has 2 aromatic rings. The zero-order valence-electron chi connectivity index (χ0n) is 16.4. The van der Waals surface area contributed by atoms with Crippen molar-refractivity contribution in [1.82, 2.24) is 9.80 Å². The molecule has 4 nitrogen and oxygen atoms in total. The first-order valence-electron chi connectivity index (χ1n) is 9.07. The van der Waals surface area contributed by atoms with Gasteiger partial charge in [-0.25, -0.2) is 4.39 Å². The average Bonchev–Trinajstić information content (AvgIpc) is 3.00. The van der Waals surface area contributed by atoms with Crippen molar-refractivity contribution in [2.75, 3.05) is 13.1 Å². The first-order valence-corrected chi connectivity index (χ1v) is 9.89. The van der Waals surface area contributed by atoms with Crippen molar-refractivity contribution in [2.45, 2.75) is 40.8 Å². The Kier molecular flexibility index (Phi) is 7.54. The van der Waals surface area contributed by atoms with E-state index in [2.05, 4.69) is 0 Å². The predicted octanol–water partition coefficient (Wildman–Crippen LogP) is 4.23. The van der Waals surface area contributed by atoms with Gasteiger partial charge in [-0.1, -0.05) is 26.0 Å². The molecule has 0 aliphatic heterocycles. The number of carbonyl (C=O) groups is 2. The van der Waals surface area contributed by atoms with Crippen LogP contribution in [-0.4, -0.2) is 34.7 Å². The smallest absolute Gasteiger partial charge is 0.242 e. The van der Waals surface area contributed by atoms with E-state index in [-0.39, 0.29) is 30.1 Å². The second-order valence-corrected chi connectivity index (χ2v) is 8.55. The van der Waals surface area contributed by atoms with Crippen LogP contribution in [0.4, 0.5) is 4.39 Å². The first kappa shape index (κ1) is 21.1. The van der Waals surface area contributed by atoms with Crippen LogP contribution in [0.2, 0.25) is 0 Å². The van der Waals surface area contributed by atoms with E-state index in [9.17, 15) is 14.0 Å². The molecule has 6 heteroatoms. The largest absolute Gasteiger partial charge is 0.333 e. The summed E-state index contributed by atoms with van der Waals surface area (Å²) in [5.41, 5.74) is 0.858. The molecule has 0 saturated heterocycles. The summed E-state index contributed by atoms with van der Waals surface area (Å²) >= 11 is 1.65. The minimum atomic E-state index is -0.301. The Hall–Kier alpha value is -2.21. The van der Waals surface area contributed by atoms with Crippen LogP contribution in [0.3, 0.4) is 0 Å². The molecule has 0 saturated carbocycles. The molecule has 0 fully saturated rings. The van der Waals surface area contributed by atoms with Crippen LogP contribution in [-0.2, 0) is 22.7 Å². The van der Waals surface area contributed by atoms with E-state index in [4.69, 9.17) is 0 Å². The molecule has 27 heavy (non-hydrogen) atoms. The number of halogens is 1. The van der Waals surface area contributed by atoms with Gasteiger partial charge in [0, 0.05) is 29.8 Å². The zero-order chi connectivity index (χ0) is 20.0. The lowest BCUT2D eigenvalue weighted by Gasteiger charge is -2.28. The molecular weight excluding hydrogens is 363 g/mol.